The average Bonchev–Trinajstić information content (AvgIpc) is 3.58. The second-order valence-electron chi connectivity index (χ2n) is 8.72. The van der Waals surface area contributed by atoms with Crippen LogP contribution in [0.15, 0.2) is 28.8 Å². The van der Waals surface area contributed by atoms with E-state index in [0.717, 1.165) is 38.8 Å². The van der Waals surface area contributed by atoms with Gasteiger partial charge in [-0.25, -0.2) is 0 Å². The molecule has 2 aromatic rings. The third-order valence-corrected chi connectivity index (χ3v) is 6.44. The molecule has 2 aliphatic rings. The lowest BCUT2D eigenvalue weighted by molar-refractivity contribution is -0.132. The van der Waals surface area contributed by atoms with Crippen LogP contribution < -0.4 is 9.47 Å². The fourth-order valence-corrected chi connectivity index (χ4v) is 4.51. The summed E-state index contributed by atoms with van der Waals surface area (Å²) in [6.07, 6.45) is 5.38. The third kappa shape index (κ3) is 5.70. The SMILES string of the molecule is COc1ccc(OC)c(-c2cc(C(=O)N(CCC(=O)N3CCCCC3)C[C@H]3CCCO3)no2)c1. The van der Waals surface area contributed by atoms with Gasteiger partial charge < -0.3 is 28.5 Å². The summed E-state index contributed by atoms with van der Waals surface area (Å²) in [7, 11) is 3.14. The summed E-state index contributed by atoms with van der Waals surface area (Å²) >= 11 is 0. The number of benzene rings is 1. The first-order valence-electron chi connectivity index (χ1n) is 12.0. The van der Waals surface area contributed by atoms with Crippen molar-refractivity contribution in [1.82, 2.24) is 15.0 Å². The van der Waals surface area contributed by atoms with Crippen LogP contribution in [0, 0.1) is 0 Å². The maximum atomic E-state index is 13.4. The normalized spacial score (nSPS) is 18.1. The highest BCUT2D eigenvalue weighted by molar-refractivity contribution is 5.93. The van der Waals surface area contributed by atoms with Crippen LogP contribution in [-0.2, 0) is 9.53 Å². The second-order valence-corrected chi connectivity index (χ2v) is 8.72. The summed E-state index contributed by atoms with van der Waals surface area (Å²) in [6, 6.07) is 6.94. The van der Waals surface area contributed by atoms with Crippen molar-refractivity contribution < 1.29 is 28.3 Å². The zero-order valence-corrected chi connectivity index (χ0v) is 20.0. The zero-order valence-electron chi connectivity index (χ0n) is 20.0. The van der Waals surface area contributed by atoms with Gasteiger partial charge in [-0.2, -0.15) is 0 Å². The van der Waals surface area contributed by atoms with Crippen molar-refractivity contribution in [2.75, 3.05) is 47.0 Å². The fraction of sp³-hybridized carbons (Fsp3) is 0.560. The Morgan fingerprint density at radius 1 is 1.12 bits per heavy atom. The van der Waals surface area contributed by atoms with Crippen LogP contribution >= 0.6 is 0 Å². The Balaban J connectivity index is 1.49. The molecule has 2 aliphatic heterocycles. The maximum absolute atomic E-state index is 13.4. The number of rotatable bonds is 9. The number of piperidine rings is 1. The number of hydrogen-bond donors (Lipinski definition) is 0. The molecule has 0 radical (unpaired) electrons. The molecule has 2 amide bonds. The molecule has 0 N–H and O–H groups in total. The van der Waals surface area contributed by atoms with Crippen molar-refractivity contribution in [3.05, 3.63) is 30.0 Å². The van der Waals surface area contributed by atoms with Crippen LogP contribution in [0.25, 0.3) is 11.3 Å². The van der Waals surface area contributed by atoms with Gasteiger partial charge in [0, 0.05) is 45.3 Å². The van der Waals surface area contributed by atoms with Crippen LogP contribution in [0.5, 0.6) is 11.5 Å². The molecule has 1 aromatic carbocycles. The molecule has 9 nitrogen and oxygen atoms in total. The maximum Gasteiger partial charge on any atom is 0.276 e. The van der Waals surface area contributed by atoms with E-state index in [9.17, 15) is 9.59 Å². The fourth-order valence-electron chi connectivity index (χ4n) is 4.51. The highest BCUT2D eigenvalue weighted by atomic mass is 16.5. The number of likely N-dealkylation sites (tertiary alicyclic amines) is 1. The van der Waals surface area contributed by atoms with Crippen molar-refractivity contribution in [3.63, 3.8) is 0 Å². The molecule has 34 heavy (non-hydrogen) atoms. The number of carbonyl (C=O) groups excluding carboxylic acids is 2. The third-order valence-electron chi connectivity index (χ3n) is 6.44. The minimum Gasteiger partial charge on any atom is -0.497 e. The van der Waals surface area contributed by atoms with E-state index < -0.39 is 0 Å². The highest BCUT2D eigenvalue weighted by Crippen LogP contribution is 2.34. The minimum atomic E-state index is -0.279. The Morgan fingerprint density at radius 3 is 2.65 bits per heavy atom. The van der Waals surface area contributed by atoms with E-state index in [-0.39, 0.29) is 30.0 Å². The van der Waals surface area contributed by atoms with E-state index in [2.05, 4.69) is 5.16 Å². The highest BCUT2D eigenvalue weighted by Gasteiger charge is 2.27. The van der Waals surface area contributed by atoms with Gasteiger partial charge in [0.2, 0.25) is 5.91 Å². The van der Waals surface area contributed by atoms with Gasteiger partial charge in [0.25, 0.3) is 5.91 Å². The molecule has 0 bridgehead atoms. The molecule has 2 fully saturated rings. The van der Waals surface area contributed by atoms with Crippen molar-refractivity contribution in [2.45, 2.75) is 44.6 Å². The lowest BCUT2D eigenvalue weighted by atomic mass is 10.1. The van der Waals surface area contributed by atoms with E-state index in [1.54, 1.807) is 43.4 Å². The molecule has 2 saturated heterocycles. The van der Waals surface area contributed by atoms with Crippen LogP contribution in [-0.4, -0.2) is 79.9 Å². The number of hydrogen-bond acceptors (Lipinski definition) is 7. The van der Waals surface area contributed by atoms with Gasteiger partial charge in [0.1, 0.15) is 11.5 Å². The molecule has 1 aromatic heterocycles. The summed E-state index contributed by atoms with van der Waals surface area (Å²) in [5.74, 6) is 1.43. The molecule has 9 heteroatoms. The first-order chi connectivity index (χ1) is 16.6. The van der Waals surface area contributed by atoms with Gasteiger partial charge in [-0.1, -0.05) is 5.16 Å². The number of ether oxygens (including phenoxy) is 3. The van der Waals surface area contributed by atoms with Gasteiger partial charge in [0.05, 0.1) is 25.9 Å². The van der Waals surface area contributed by atoms with Gasteiger partial charge in [-0.3, -0.25) is 9.59 Å². The quantitative estimate of drug-likeness (QED) is 0.553. The predicted octanol–water partition coefficient (Wildman–Crippen LogP) is 3.38. The number of nitrogens with zero attached hydrogens (tertiary/aromatic N) is 3. The number of carbonyl (C=O) groups is 2. The first-order valence-corrected chi connectivity index (χ1v) is 12.0. The number of aromatic nitrogens is 1. The number of amides is 2. The van der Waals surface area contributed by atoms with Crippen molar-refractivity contribution in [2.24, 2.45) is 0 Å². The van der Waals surface area contributed by atoms with Crippen molar-refractivity contribution in [1.29, 1.82) is 0 Å². The molecule has 0 spiro atoms. The summed E-state index contributed by atoms with van der Waals surface area (Å²) in [6.45, 7) is 3.04. The molecule has 3 heterocycles. The first kappa shape index (κ1) is 24.1. The van der Waals surface area contributed by atoms with Crippen LogP contribution in [0.1, 0.15) is 49.0 Å². The largest absolute Gasteiger partial charge is 0.497 e. The van der Waals surface area contributed by atoms with Crippen molar-refractivity contribution >= 4 is 11.8 Å². The van der Waals surface area contributed by atoms with Crippen LogP contribution in [0.4, 0.5) is 0 Å². The Morgan fingerprint density at radius 2 is 1.94 bits per heavy atom. The summed E-state index contributed by atoms with van der Waals surface area (Å²) < 4.78 is 22.0. The topological polar surface area (TPSA) is 94.3 Å². The molecular formula is C25H33N3O6. The van der Waals surface area contributed by atoms with E-state index in [0.29, 0.717) is 42.5 Å². The Bertz CT molecular complexity index is 979. The molecular weight excluding hydrogens is 438 g/mol. The summed E-state index contributed by atoms with van der Waals surface area (Å²) in [5, 5.41) is 4.04. The van der Waals surface area contributed by atoms with Gasteiger partial charge >= 0.3 is 0 Å². The van der Waals surface area contributed by atoms with E-state index >= 15 is 0 Å². The average molecular weight is 472 g/mol. The summed E-state index contributed by atoms with van der Waals surface area (Å²) in [4.78, 5) is 29.7. The summed E-state index contributed by atoms with van der Waals surface area (Å²) in [5.41, 5.74) is 0.822. The van der Waals surface area contributed by atoms with E-state index in [4.69, 9.17) is 18.7 Å². The van der Waals surface area contributed by atoms with Crippen molar-refractivity contribution in [3.8, 4) is 22.8 Å². The minimum absolute atomic E-state index is 0.0288. The van der Waals surface area contributed by atoms with Gasteiger partial charge in [-0.05, 0) is 50.3 Å². The van der Waals surface area contributed by atoms with Gasteiger partial charge in [0.15, 0.2) is 11.5 Å². The van der Waals surface area contributed by atoms with Gasteiger partial charge in [-0.15, -0.1) is 0 Å². The Hall–Kier alpha value is -3.07. The monoisotopic (exact) mass is 471 g/mol. The molecule has 0 aliphatic carbocycles. The van der Waals surface area contributed by atoms with E-state index in [1.807, 2.05) is 4.90 Å². The smallest absolute Gasteiger partial charge is 0.276 e. The lowest BCUT2D eigenvalue weighted by Gasteiger charge is -2.29. The van der Waals surface area contributed by atoms with E-state index in [1.165, 1.54) is 6.42 Å². The number of methoxy groups -OCH3 is 2. The molecule has 4 rings (SSSR count). The predicted molar refractivity (Wildman–Crippen MR) is 125 cm³/mol. The standard InChI is InChI=1S/C25H33N3O6/c1-31-18-8-9-22(32-2)20(15-18)23-16-21(26-34-23)25(30)28(17-19-7-6-14-33-19)13-10-24(29)27-11-4-3-5-12-27/h8-9,15-16,19H,3-7,10-14,17H2,1-2H3/t19-/m1/s1. The Labute approximate surface area is 199 Å². The zero-order chi connectivity index (χ0) is 23.9. The second kappa shape index (κ2) is 11.4. The molecule has 184 valence electrons. The molecule has 0 saturated carbocycles. The van der Waals surface area contributed by atoms with Crippen LogP contribution in [0.3, 0.4) is 0 Å². The molecule has 1 atom stereocenters. The van der Waals surface area contributed by atoms with Crippen LogP contribution in [0.2, 0.25) is 0 Å². The molecule has 0 unspecified atom stereocenters. The Kier molecular flexibility index (Phi) is 8.05. The lowest BCUT2D eigenvalue weighted by Crippen LogP contribution is -2.42.